The molecule has 3 rings (SSSR count). The van der Waals surface area contributed by atoms with E-state index in [-0.39, 0.29) is 47.4 Å². The summed E-state index contributed by atoms with van der Waals surface area (Å²) >= 11 is 0. The molecule has 1 aliphatic carbocycles. The molecular weight excluding hydrogens is 356 g/mol. The molecule has 138 valence electrons. The van der Waals surface area contributed by atoms with Gasteiger partial charge in [-0.3, -0.25) is 19.3 Å². The third-order valence-electron chi connectivity index (χ3n) is 4.73. The van der Waals surface area contributed by atoms with Crippen LogP contribution in [0.2, 0.25) is 0 Å². The molecule has 2 aliphatic rings. The average molecular weight is 376 g/mol. The highest BCUT2D eigenvalue weighted by Crippen LogP contribution is 2.35. The molecule has 3 amide bonds. The van der Waals surface area contributed by atoms with E-state index in [4.69, 9.17) is 0 Å². The number of anilines is 1. The number of nitrogens with zero attached hydrogens (tertiary/aromatic N) is 1. The normalized spacial score (nSPS) is 22.4. The zero-order valence-electron chi connectivity index (χ0n) is 14.3. The molecule has 0 unspecified atom stereocenters. The summed E-state index contributed by atoms with van der Waals surface area (Å²) < 4.78 is 22.8. The fourth-order valence-corrected chi connectivity index (χ4v) is 3.94. The lowest BCUT2D eigenvalue weighted by molar-refractivity contribution is -0.140. The molecule has 7 nitrogen and oxygen atoms in total. The van der Waals surface area contributed by atoms with Gasteiger partial charge in [0.15, 0.2) is 9.84 Å². The summed E-state index contributed by atoms with van der Waals surface area (Å²) in [4.78, 5) is 38.1. The van der Waals surface area contributed by atoms with Crippen LogP contribution in [0.15, 0.2) is 41.3 Å². The minimum absolute atomic E-state index is 0.00181. The molecule has 0 spiro atoms. The Morgan fingerprint density at radius 1 is 1.08 bits per heavy atom. The monoisotopic (exact) mass is 376 g/mol. The molecule has 2 atom stereocenters. The van der Waals surface area contributed by atoms with Crippen molar-refractivity contribution in [2.45, 2.75) is 24.2 Å². The Balaban J connectivity index is 1.56. The zero-order chi connectivity index (χ0) is 18.9. The van der Waals surface area contributed by atoms with E-state index in [1.54, 1.807) is 0 Å². The van der Waals surface area contributed by atoms with Gasteiger partial charge in [-0.25, -0.2) is 8.42 Å². The van der Waals surface area contributed by atoms with Crippen molar-refractivity contribution in [2.24, 2.45) is 11.8 Å². The van der Waals surface area contributed by atoms with Crippen LogP contribution in [0, 0.1) is 11.8 Å². The smallest absolute Gasteiger partial charge is 0.233 e. The van der Waals surface area contributed by atoms with Crippen molar-refractivity contribution in [3.63, 3.8) is 0 Å². The number of benzene rings is 1. The highest BCUT2D eigenvalue weighted by molar-refractivity contribution is 7.90. The summed E-state index contributed by atoms with van der Waals surface area (Å²) in [6.07, 6.45) is 6.09. The van der Waals surface area contributed by atoms with E-state index in [1.807, 2.05) is 12.2 Å². The molecule has 0 aromatic heterocycles. The number of sulfone groups is 1. The molecule has 0 radical (unpaired) electrons. The molecular formula is C18H20N2O5S. The van der Waals surface area contributed by atoms with Crippen molar-refractivity contribution in [1.29, 1.82) is 0 Å². The number of carbonyl (C=O) groups is 3. The SMILES string of the molecule is CS(=O)(=O)c1ccc(NC(=O)CCN2C(=O)[C@@H]3CC=CC[C@H]3C2=O)cc1. The minimum atomic E-state index is -3.29. The van der Waals surface area contributed by atoms with Crippen LogP contribution in [0.4, 0.5) is 5.69 Å². The van der Waals surface area contributed by atoms with Gasteiger partial charge in [0.1, 0.15) is 0 Å². The first-order valence-corrected chi connectivity index (χ1v) is 10.3. The van der Waals surface area contributed by atoms with E-state index in [9.17, 15) is 22.8 Å². The zero-order valence-corrected chi connectivity index (χ0v) is 15.2. The highest BCUT2D eigenvalue weighted by atomic mass is 32.2. The van der Waals surface area contributed by atoms with Crippen LogP contribution in [0.25, 0.3) is 0 Å². The summed E-state index contributed by atoms with van der Waals surface area (Å²) in [6, 6.07) is 5.83. The molecule has 1 heterocycles. The number of amides is 3. The van der Waals surface area contributed by atoms with Crippen LogP contribution in [0.3, 0.4) is 0 Å². The lowest BCUT2D eigenvalue weighted by atomic mass is 9.85. The van der Waals surface area contributed by atoms with Crippen LogP contribution < -0.4 is 5.32 Å². The lowest BCUT2D eigenvalue weighted by Crippen LogP contribution is -2.34. The fraction of sp³-hybridized carbons (Fsp3) is 0.389. The topological polar surface area (TPSA) is 101 Å². The van der Waals surface area contributed by atoms with E-state index < -0.39 is 9.84 Å². The van der Waals surface area contributed by atoms with Crippen LogP contribution in [0.5, 0.6) is 0 Å². The van der Waals surface area contributed by atoms with Crippen molar-refractivity contribution < 1.29 is 22.8 Å². The number of hydrogen-bond donors (Lipinski definition) is 1. The minimum Gasteiger partial charge on any atom is -0.326 e. The molecule has 8 heteroatoms. The Morgan fingerprint density at radius 3 is 2.12 bits per heavy atom. The van der Waals surface area contributed by atoms with Gasteiger partial charge < -0.3 is 5.32 Å². The number of hydrogen-bond acceptors (Lipinski definition) is 5. The number of nitrogens with one attached hydrogen (secondary N) is 1. The summed E-state index contributed by atoms with van der Waals surface area (Å²) in [7, 11) is -3.29. The van der Waals surface area contributed by atoms with E-state index in [2.05, 4.69) is 5.32 Å². The Bertz CT molecular complexity index is 847. The van der Waals surface area contributed by atoms with Gasteiger partial charge in [0, 0.05) is 24.9 Å². The van der Waals surface area contributed by atoms with Crippen molar-refractivity contribution in [3.8, 4) is 0 Å². The van der Waals surface area contributed by atoms with Crippen molar-refractivity contribution >= 4 is 33.2 Å². The third-order valence-corrected chi connectivity index (χ3v) is 5.86. The standard InChI is InChI=1S/C18H20N2O5S/c1-26(24,25)13-8-6-12(7-9-13)19-16(21)10-11-20-17(22)14-4-2-3-5-15(14)18(20)23/h2-3,6-9,14-15H,4-5,10-11H2,1H3,(H,19,21)/t14-,15-/m1/s1. The van der Waals surface area contributed by atoms with Gasteiger partial charge in [0.2, 0.25) is 17.7 Å². The van der Waals surface area contributed by atoms with Crippen LogP contribution in [-0.2, 0) is 24.2 Å². The molecule has 1 aliphatic heterocycles. The van der Waals surface area contributed by atoms with Gasteiger partial charge in [-0.05, 0) is 37.1 Å². The first kappa shape index (κ1) is 18.3. The van der Waals surface area contributed by atoms with Crippen LogP contribution in [-0.4, -0.2) is 43.8 Å². The number of imide groups is 1. The van der Waals surface area contributed by atoms with Crippen LogP contribution >= 0.6 is 0 Å². The maximum Gasteiger partial charge on any atom is 0.233 e. The quantitative estimate of drug-likeness (QED) is 0.618. The van der Waals surface area contributed by atoms with E-state index in [0.717, 1.165) is 6.26 Å². The predicted octanol–water partition coefficient (Wildman–Crippen LogP) is 1.37. The van der Waals surface area contributed by atoms with Gasteiger partial charge in [-0.1, -0.05) is 12.2 Å². The number of carbonyl (C=O) groups excluding carboxylic acids is 3. The first-order chi connectivity index (χ1) is 12.3. The highest BCUT2D eigenvalue weighted by Gasteiger charge is 2.46. The maximum absolute atomic E-state index is 12.3. The van der Waals surface area contributed by atoms with Gasteiger partial charge in [0.05, 0.1) is 16.7 Å². The third kappa shape index (κ3) is 3.70. The summed E-state index contributed by atoms with van der Waals surface area (Å²) in [5.41, 5.74) is 0.458. The Hall–Kier alpha value is -2.48. The predicted molar refractivity (Wildman–Crippen MR) is 94.9 cm³/mol. The second-order valence-electron chi connectivity index (χ2n) is 6.58. The van der Waals surface area contributed by atoms with Gasteiger partial charge in [0.25, 0.3) is 0 Å². The fourth-order valence-electron chi connectivity index (χ4n) is 3.31. The maximum atomic E-state index is 12.3. The molecule has 26 heavy (non-hydrogen) atoms. The first-order valence-electron chi connectivity index (χ1n) is 8.37. The Kier molecular flexibility index (Phi) is 4.95. The number of fused-ring (bicyclic) bond motifs is 1. The number of likely N-dealkylation sites (tertiary alicyclic amines) is 1. The van der Waals surface area contributed by atoms with E-state index in [1.165, 1.54) is 29.2 Å². The largest absolute Gasteiger partial charge is 0.326 e. The van der Waals surface area contributed by atoms with Crippen LogP contribution in [0.1, 0.15) is 19.3 Å². The van der Waals surface area contributed by atoms with Gasteiger partial charge in [-0.2, -0.15) is 0 Å². The Labute approximate surface area is 152 Å². The second-order valence-corrected chi connectivity index (χ2v) is 8.59. The van der Waals surface area contributed by atoms with Gasteiger partial charge in [-0.15, -0.1) is 0 Å². The Morgan fingerprint density at radius 2 is 1.62 bits per heavy atom. The lowest BCUT2D eigenvalue weighted by Gasteiger charge is -2.14. The molecule has 0 bridgehead atoms. The average Bonchev–Trinajstić information content (AvgIpc) is 2.84. The van der Waals surface area contributed by atoms with Crippen molar-refractivity contribution in [1.82, 2.24) is 4.90 Å². The van der Waals surface area contributed by atoms with E-state index in [0.29, 0.717) is 18.5 Å². The number of rotatable bonds is 5. The molecule has 0 saturated carbocycles. The molecule has 1 aromatic carbocycles. The van der Waals surface area contributed by atoms with E-state index >= 15 is 0 Å². The summed E-state index contributed by atoms with van der Waals surface area (Å²) in [6.45, 7) is 0.0535. The summed E-state index contributed by atoms with van der Waals surface area (Å²) in [5.74, 6) is -1.33. The van der Waals surface area contributed by atoms with Crippen molar-refractivity contribution in [3.05, 3.63) is 36.4 Å². The van der Waals surface area contributed by atoms with Crippen molar-refractivity contribution in [2.75, 3.05) is 18.1 Å². The molecule has 1 aromatic rings. The molecule has 1 fully saturated rings. The molecule has 1 saturated heterocycles. The molecule has 1 N–H and O–H groups in total. The summed E-state index contributed by atoms with van der Waals surface area (Å²) in [5, 5.41) is 2.64. The number of allylic oxidation sites excluding steroid dienone is 2. The second kappa shape index (κ2) is 7.03. The van der Waals surface area contributed by atoms with Gasteiger partial charge >= 0.3 is 0 Å².